The second-order valence-electron chi connectivity index (χ2n) is 4.54. The van der Waals surface area contributed by atoms with Crippen molar-refractivity contribution in [3.8, 4) is 0 Å². The van der Waals surface area contributed by atoms with Gasteiger partial charge in [-0.3, -0.25) is 10.1 Å². The highest BCUT2D eigenvalue weighted by atomic mass is 32.2. The standard InChI is InChI=1S/C12H15NO7S/c14-5-7-9(15)10(16)11(17)12(20-7)21-8-4-2-1-3-6(8)13(18)19/h1-4,7,9-12,14-17H,5H2/t7-,9+,10+,11-,12+/m1/s1. The molecule has 21 heavy (non-hydrogen) atoms. The molecule has 1 saturated heterocycles. The third kappa shape index (κ3) is 3.34. The molecule has 1 aliphatic rings. The van der Waals surface area contributed by atoms with Gasteiger partial charge in [-0.25, -0.2) is 0 Å². The Kier molecular flexibility index (Phi) is 5.14. The molecule has 0 aromatic heterocycles. The summed E-state index contributed by atoms with van der Waals surface area (Å²) in [6.07, 6.45) is -5.43. The number of hydrogen-bond acceptors (Lipinski definition) is 8. The molecule has 9 heteroatoms. The molecule has 116 valence electrons. The molecule has 1 fully saturated rings. The van der Waals surface area contributed by atoms with Crippen molar-refractivity contribution >= 4 is 17.4 Å². The van der Waals surface area contributed by atoms with E-state index in [1.165, 1.54) is 18.2 Å². The van der Waals surface area contributed by atoms with Gasteiger partial charge in [0, 0.05) is 6.07 Å². The van der Waals surface area contributed by atoms with Crippen molar-refractivity contribution in [1.29, 1.82) is 0 Å². The smallest absolute Gasteiger partial charge is 0.282 e. The number of benzene rings is 1. The van der Waals surface area contributed by atoms with Gasteiger partial charge in [-0.1, -0.05) is 23.9 Å². The zero-order valence-electron chi connectivity index (χ0n) is 10.8. The maximum atomic E-state index is 10.9. The fourth-order valence-corrected chi connectivity index (χ4v) is 3.17. The molecule has 1 heterocycles. The SMILES string of the molecule is O=[N+]([O-])c1ccccc1S[C@@H]1O[C@H](CO)[C@H](O)[C@H](O)[C@H]1O. The molecule has 0 bridgehead atoms. The summed E-state index contributed by atoms with van der Waals surface area (Å²) in [4.78, 5) is 10.6. The highest BCUT2D eigenvalue weighted by Crippen LogP contribution is 2.37. The Morgan fingerprint density at radius 3 is 2.48 bits per heavy atom. The number of nitro benzene ring substituents is 1. The van der Waals surface area contributed by atoms with Gasteiger partial charge in [-0.15, -0.1) is 0 Å². The molecule has 0 radical (unpaired) electrons. The second kappa shape index (κ2) is 6.69. The van der Waals surface area contributed by atoms with Gasteiger partial charge in [0.05, 0.1) is 16.4 Å². The van der Waals surface area contributed by atoms with Gasteiger partial charge in [-0.2, -0.15) is 0 Å². The van der Waals surface area contributed by atoms with Crippen molar-refractivity contribution in [2.24, 2.45) is 0 Å². The molecular weight excluding hydrogens is 302 g/mol. The maximum Gasteiger partial charge on any atom is 0.282 e. The first-order valence-electron chi connectivity index (χ1n) is 6.16. The number of hydrogen-bond donors (Lipinski definition) is 4. The number of para-hydroxylation sites is 1. The lowest BCUT2D eigenvalue weighted by Crippen LogP contribution is -2.57. The second-order valence-corrected chi connectivity index (χ2v) is 5.68. The van der Waals surface area contributed by atoms with Crippen LogP contribution in [0.25, 0.3) is 0 Å². The molecule has 0 amide bonds. The van der Waals surface area contributed by atoms with Gasteiger partial charge in [0.15, 0.2) is 0 Å². The third-order valence-electron chi connectivity index (χ3n) is 3.15. The molecule has 2 rings (SSSR count). The van der Waals surface area contributed by atoms with Crippen molar-refractivity contribution in [1.82, 2.24) is 0 Å². The van der Waals surface area contributed by atoms with Gasteiger partial charge < -0.3 is 25.2 Å². The van der Waals surface area contributed by atoms with Gasteiger partial charge in [0.2, 0.25) is 0 Å². The van der Waals surface area contributed by atoms with Crippen molar-refractivity contribution in [3.05, 3.63) is 34.4 Å². The summed E-state index contributed by atoms with van der Waals surface area (Å²) < 4.78 is 5.30. The quantitative estimate of drug-likeness (QED) is 0.431. The maximum absolute atomic E-state index is 10.9. The lowest BCUT2D eigenvalue weighted by Gasteiger charge is -2.39. The van der Waals surface area contributed by atoms with Crippen LogP contribution in [0, 0.1) is 10.1 Å². The minimum atomic E-state index is -1.50. The number of ether oxygens (including phenoxy) is 1. The molecule has 0 saturated carbocycles. The Morgan fingerprint density at radius 1 is 1.19 bits per heavy atom. The fraction of sp³-hybridized carbons (Fsp3) is 0.500. The molecule has 5 atom stereocenters. The van der Waals surface area contributed by atoms with Crippen LogP contribution < -0.4 is 0 Å². The molecular formula is C12H15NO7S. The molecule has 8 nitrogen and oxygen atoms in total. The molecule has 0 unspecified atom stereocenters. The summed E-state index contributed by atoms with van der Waals surface area (Å²) in [7, 11) is 0. The summed E-state index contributed by atoms with van der Waals surface area (Å²) in [5.41, 5.74) is -1.19. The number of aliphatic hydroxyl groups excluding tert-OH is 4. The summed E-state index contributed by atoms with van der Waals surface area (Å²) >= 11 is 0.856. The monoisotopic (exact) mass is 317 g/mol. The Balaban J connectivity index is 2.20. The molecule has 0 aliphatic carbocycles. The average Bonchev–Trinajstić information content (AvgIpc) is 2.48. The zero-order valence-corrected chi connectivity index (χ0v) is 11.6. The lowest BCUT2D eigenvalue weighted by atomic mass is 10.0. The predicted molar refractivity (Wildman–Crippen MR) is 72.7 cm³/mol. The summed E-state index contributed by atoms with van der Waals surface area (Å²) in [5, 5.41) is 49.3. The van der Waals surface area contributed by atoms with Crippen molar-refractivity contribution in [2.45, 2.75) is 34.7 Å². The van der Waals surface area contributed by atoms with Crippen LogP contribution in [-0.4, -0.2) is 61.8 Å². The van der Waals surface area contributed by atoms with Gasteiger partial charge in [0.25, 0.3) is 5.69 Å². The summed E-state index contributed by atoms with van der Waals surface area (Å²) in [5.74, 6) is 0. The minimum absolute atomic E-state index is 0.153. The van der Waals surface area contributed by atoms with Crippen LogP contribution in [0.3, 0.4) is 0 Å². The Morgan fingerprint density at radius 2 is 1.86 bits per heavy atom. The van der Waals surface area contributed by atoms with E-state index in [9.17, 15) is 25.4 Å². The van der Waals surface area contributed by atoms with Gasteiger partial charge in [0.1, 0.15) is 29.9 Å². The minimum Gasteiger partial charge on any atom is -0.394 e. The topological polar surface area (TPSA) is 133 Å². The Labute approximate surface area is 124 Å². The van der Waals surface area contributed by atoms with E-state index in [1.54, 1.807) is 6.07 Å². The van der Waals surface area contributed by atoms with Crippen LogP contribution in [0.4, 0.5) is 5.69 Å². The summed E-state index contributed by atoms with van der Waals surface area (Å²) in [6, 6.07) is 5.91. The van der Waals surface area contributed by atoms with E-state index < -0.39 is 41.4 Å². The van der Waals surface area contributed by atoms with Crippen molar-refractivity contribution in [2.75, 3.05) is 6.61 Å². The molecule has 1 aliphatic heterocycles. The van der Waals surface area contributed by atoms with Gasteiger partial charge >= 0.3 is 0 Å². The van der Waals surface area contributed by atoms with E-state index in [0.29, 0.717) is 0 Å². The van der Waals surface area contributed by atoms with Crippen LogP contribution in [0.15, 0.2) is 29.2 Å². The number of thioether (sulfide) groups is 1. The first-order chi connectivity index (χ1) is 9.95. The number of aliphatic hydroxyl groups is 4. The van der Waals surface area contributed by atoms with E-state index in [0.717, 1.165) is 11.8 Å². The first kappa shape index (κ1) is 16.1. The zero-order chi connectivity index (χ0) is 15.6. The normalized spacial score (nSPS) is 32.9. The Bertz CT molecular complexity index is 512. The third-order valence-corrected chi connectivity index (χ3v) is 4.37. The van der Waals surface area contributed by atoms with E-state index in [4.69, 9.17) is 9.84 Å². The van der Waals surface area contributed by atoms with Crippen LogP contribution in [0.2, 0.25) is 0 Å². The van der Waals surface area contributed by atoms with Crippen LogP contribution >= 0.6 is 11.8 Å². The molecule has 1 aromatic carbocycles. The van der Waals surface area contributed by atoms with Gasteiger partial charge in [-0.05, 0) is 6.07 Å². The number of rotatable bonds is 4. The van der Waals surface area contributed by atoms with Crippen molar-refractivity contribution < 1.29 is 30.1 Å². The van der Waals surface area contributed by atoms with Crippen LogP contribution in [0.5, 0.6) is 0 Å². The number of nitro groups is 1. The molecule has 0 spiro atoms. The lowest BCUT2D eigenvalue weighted by molar-refractivity contribution is -0.387. The van der Waals surface area contributed by atoms with E-state index in [1.807, 2.05) is 0 Å². The highest BCUT2D eigenvalue weighted by molar-refractivity contribution is 8.00. The molecule has 4 N–H and O–H groups in total. The van der Waals surface area contributed by atoms with Crippen molar-refractivity contribution in [3.63, 3.8) is 0 Å². The van der Waals surface area contributed by atoms with E-state index in [-0.39, 0.29) is 10.6 Å². The van der Waals surface area contributed by atoms with E-state index in [2.05, 4.69) is 0 Å². The Hall–Kier alpha value is -1.23. The largest absolute Gasteiger partial charge is 0.394 e. The molecule has 1 aromatic rings. The van der Waals surface area contributed by atoms with Crippen LogP contribution in [0.1, 0.15) is 0 Å². The number of nitrogens with zero attached hydrogens (tertiary/aromatic N) is 1. The predicted octanol–water partition coefficient (Wildman–Crippen LogP) is -0.513. The first-order valence-corrected chi connectivity index (χ1v) is 7.04. The fourth-order valence-electron chi connectivity index (χ4n) is 2.00. The average molecular weight is 317 g/mol. The summed E-state index contributed by atoms with van der Waals surface area (Å²) in [6.45, 7) is -0.543. The highest BCUT2D eigenvalue weighted by Gasteiger charge is 2.44. The van der Waals surface area contributed by atoms with E-state index >= 15 is 0 Å². The van der Waals surface area contributed by atoms with Crippen LogP contribution in [-0.2, 0) is 4.74 Å².